The molecule has 24 heavy (non-hydrogen) atoms. The normalized spacial score (nSPS) is 14.6. The van der Waals surface area contributed by atoms with Crippen LogP contribution in [0.5, 0.6) is 5.75 Å². The Bertz CT molecular complexity index is 859. The lowest BCUT2D eigenvalue weighted by atomic mass is 9.98. The number of nitriles is 1. The molecule has 6 nitrogen and oxygen atoms in total. The molecule has 6 heteroatoms. The number of aryl methyl sites for hydroxylation is 1. The number of aromatic nitrogens is 1. The van der Waals surface area contributed by atoms with Crippen LogP contribution in [0.2, 0.25) is 0 Å². The lowest BCUT2D eigenvalue weighted by molar-refractivity contribution is 0.0490. The number of fused-ring (bicyclic) bond motifs is 1. The molecule has 0 fully saturated rings. The molecular formula is C18H18N2O4. The molecule has 0 amide bonds. The van der Waals surface area contributed by atoms with Gasteiger partial charge in [-0.2, -0.15) is 5.26 Å². The molecule has 0 saturated carbocycles. The molecule has 1 aliphatic heterocycles. The van der Waals surface area contributed by atoms with Crippen LogP contribution < -0.4 is 4.74 Å². The largest absolute Gasteiger partial charge is 0.486 e. The first-order valence-electron chi connectivity index (χ1n) is 7.75. The predicted octanol–water partition coefficient (Wildman–Crippen LogP) is 3.41. The van der Waals surface area contributed by atoms with Gasteiger partial charge in [-0.25, -0.2) is 9.78 Å². The second-order valence-corrected chi connectivity index (χ2v) is 6.32. The lowest BCUT2D eigenvalue weighted by Crippen LogP contribution is -2.24. The first-order valence-corrected chi connectivity index (χ1v) is 7.75. The summed E-state index contributed by atoms with van der Waals surface area (Å²) >= 11 is 0. The Morgan fingerprint density at radius 3 is 2.88 bits per heavy atom. The molecule has 0 radical (unpaired) electrons. The lowest BCUT2D eigenvalue weighted by Gasteiger charge is -2.17. The number of esters is 1. The maximum atomic E-state index is 11.9. The van der Waals surface area contributed by atoms with Gasteiger partial charge in [-0.05, 0) is 39.8 Å². The first-order chi connectivity index (χ1) is 11.3. The van der Waals surface area contributed by atoms with Gasteiger partial charge in [0.1, 0.15) is 17.4 Å². The van der Waals surface area contributed by atoms with Gasteiger partial charge in [0.05, 0.1) is 17.9 Å². The van der Waals surface area contributed by atoms with E-state index in [0.29, 0.717) is 34.9 Å². The molecule has 0 aliphatic carbocycles. The average molecular weight is 326 g/mol. The van der Waals surface area contributed by atoms with Crippen molar-refractivity contribution in [1.82, 2.24) is 4.98 Å². The van der Waals surface area contributed by atoms with Crippen LogP contribution in [0.4, 0.5) is 0 Å². The summed E-state index contributed by atoms with van der Waals surface area (Å²) in [5, 5.41) is 9.41. The third-order valence-corrected chi connectivity index (χ3v) is 3.79. The molecule has 0 atom stereocenters. The van der Waals surface area contributed by atoms with Gasteiger partial charge in [0.25, 0.3) is 0 Å². The third-order valence-electron chi connectivity index (χ3n) is 3.79. The van der Waals surface area contributed by atoms with E-state index in [4.69, 9.17) is 13.9 Å². The van der Waals surface area contributed by atoms with Crippen molar-refractivity contribution in [2.75, 3.05) is 6.61 Å². The number of benzene rings is 1. The predicted molar refractivity (Wildman–Crippen MR) is 85.8 cm³/mol. The quantitative estimate of drug-likeness (QED) is 0.803. The first kappa shape index (κ1) is 16.1. The van der Waals surface area contributed by atoms with Gasteiger partial charge < -0.3 is 13.9 Å². The molecule has 0 bridgehead atoms. The molecule has 0 unspecified atom stereocenters. The second-order valence-electron chi connectivity index (χ2n) is 6.32. The van der Waals surface area contributed by atoms with E-state index in [2.05, 4.69) is 11.1 Å². The highest BCUT2D eigenvalue weighted by Gasteiger charge is 2.33. The Hall–Kier alpha value is -2.81. The van der Waals surface area contributed by atoms with Gasteiger partial charge in [-0.1, -0.05) is 0 Å². The van der Waals surface area contributed by atoms with Gasteiger partial charge in [0, 0.05) is 17.5 Å². The minimum atomic E-state index is -0.542. The monoisotopic (exact) mass is 326 g/mol. The van der Waals surface area contributed by atoms with Gasteiger partial charge >= 0.3 is 5.97 Å². The van der Waals surface area contributed by atoms with Crippen molar-refractivity contribution in [3.63, 3.8) is 0 Å². The number of carbonyl (C=O) groups is 1. The number of oxazole rings is 1. The Kier molecular flexibility index (Phi) is 3.80. The summed E-state index contributed by atoms with van der Waals surface area (Å²) in [6.07, 6.45) is 0.690. The Labute approximate surface area is 140 Å². The van der Waals surface area contributed by atoms with E-state index < -0.39 is 5.97 Å². The van der Waals surface area contributed by atoms with E-state index in [-0.39, 0.29) is 18.0 Å². The molecule has 1 aromatic carbocycles. The van der Waals surface area contributed by atoms with Gasteiger partial charge in [0.2, 0.25) is 11.7 Å². The Balaban J connectivity index is 2.05. The molecule has 0 spiro atoms. The zero-order valence-electron chi connectivity index (χ0n) is 14.1. The minimum Gasteiger partial charge on any atom is -0.486 e. The van der Waals surface area contributed by atoms with E-state index >= 15 is 0 Å². The Morgan fingerprint density at radius 2 is 2.21 bits per heavy atom. The van der Waals surface area contributed by atoms with Gasteiger partial charge in [-0.3, -0.25) is 0 Å². The van der Waals surface area contributed by atoms with E-state index in [0.717, 1.165) is 5.56 Å². The number of hydrogen-bond donors (Lipinski definition) is 0. The fourth-order valence-electron chi connectivity index (χ4n) is 2.82. The highest BCUT2D eigenvalue weighted by Crippen LogP contribution is 2.40. The van der Waals surface area contributed by atoms with Gasteiger partial charge in [0.15, 0.2) is 0 Å². The smallest absolute Gasteiger partial charge is 0.376 e. The minimum absolute atomic E-state index is 0.0856. The van der Waals surface area contributed by atoms with E-state index in [1.807, 2.05) is 19.9 Å². The van der Waals surface area contributed by atoms with Crippen molar-refractivity contribution in [3.05, 3.63) is 34.7 Å². The van der Waals surface area contributed by atoms with E-state index in [1.165, 1.54) is 0 Å². The van der Waals surface area contributed by atoms with Crippen molar-refractivity contribution in [2.45, 2.75) is 39.7 Å². The van der Waals surface area contributed by atoms with Crippen LogP contribution >= 0.6 is 0 Å². The van der Waals surface area contributed by atoms with Crippen molar-refractivity contribution >= 4 is 5.97 Å². The fraction of sp³-hybridized carbons (Fsp3) is 0.389. The van der Waals surface area contributed by atoms with Crippen molar-refractivity contribution in [2.24, 2.45) is 0 Å². The maximum Gasteiger partial charge on any atom is 0.376 e. The topological polar surface area (TPSA) is 85.3 Å². The Morgan fingerprint density at radius 1 is 1.46 bits per heavy atom. The summed E-state index contributed by atoms with van der Waals surface area (Å²) in [7, 11) is 0. The van der Waals surface area contributed by atoms with Crippen LogP contribution in [0.25, 0.3) is 11.5 Å². The van der Waals surface area contributed by atoms with Crippen LogP contribution in [0.15, 0.2) is 16.5 Å². The molecule has 2 heterocycles. The number of hydrogen-bond acceptors (Lipinski definition) is 6. The summed E-state index contributed by atoms with van der Waals surface area (Å²) in [6, 6.07) is 5.71. The molecule has 2 aromatic rings. The molecule has 0 saturated heterocycles. The standard InChI is InChI=1S/C18H18N2O4/c1-5-22-17(21)14-10(2)20-16(23-14)11-6-12-8-18(3,4)24-15(12)13(7-11)9-19/h6-7H,5,8H2,1-4H3. The summed E-state index contributed by atoms with van der Waals surface area (Å²) < 4.78 is 16.4. The molecule has 0 N–H and O–H groups in total. The van der Waals surface area contributed by atoms with Crippen LogP contribution in [0.3, 0.4) is 0 Å². The number of rotatable bonds is 3. The zero-order valence-corrected chi connectivity index (χ0v) is 14.1. The maximum absolute atomic E-state index is 11.9. The summed E-state index contributed by atoms with van der Waals surface area (Å²) in [5.74, 6) is 0.446. The highest BCUT2D eigenvalue weighted by atomic mass is 16.5. The van der Waals surface area contributed by atoms with Gasteiger partial charge in [-0.15, -0.1) is 0 Å². The molecule has 3 rings (SSSR count). The fourth-order valence-corrected chi connectivity index (χ4v) is 2.82. The van der Waals surface area contributed by atoms with Crippen LogP contribution in [-0.4, -0.2) is 23.2 Å². The summed E-state index contributed by atoms with van der Waals surface area (Å²) in [4.78, 5) is 16.2. The summed E-state index contributed by atoms with van der Waals surface area (Å²) in [5.41, 5.74) is 2.11. The molecular weight excluding hydrogens is 308 g/mol. The second kappa shape index (κ2) is 5.68. The van der Waals surface area contributed by atoms with E-state index in [1.54, 1.807) is 19.9 Å². The number of carbonyl (C=O) groups excluding carboxylic acids is 1. The summed E-state index contributed by atoms with van der Waals surface area (Å²) in [6.45, 7) is 7.62. The van der Waals surface area contributed by atoms with Crippen molar-refractivity contribution < 1.29 is 18.7 Å². The number of nitrogens with zero attached hydrogens (tertiary/aromatic N) is 2. The molecule has 1 aromatic heterocycles. The van der Waals surface area contributed by atoms with E-state index in [9.17, 15) is 10.1 Å². The molecule has 1 aliphatic rings. The SMILES string of the molecule is CCOC(=O)c1oc(-c2cc(C#N)c3c(c2)CC(C)(C)O3)nc1C. The zero-order chi connectivity index (χ0) is 17.5. The number of ether oxygens (including phenoxy) is 2. The van der Waals surface area contributed by atoms with Crippen LogP contribution in [0.1, 0.15) is 48.1 Å². The van der Waals surface area contributed by atoms with Crippen LogP contribution in [0, 0.1) is 18.3 Å². The van der Waals surface area contributed by atoms with Crippen LogP contribution in [-0.2, 0) is 11.2 Å². The average Bonchev–Trinajstić information content (AvgIpc) is 3.04. The highest BCUT2D eigenvalue weighted by molar-refractivity contribution is 5.88. The molecule has 124 valence electrons. The van der Waals surface area contributed by atoms with Crippen molar-refractivity contribution in [1.29, 1.82) is 5.26 Å². The van der Waals surface area contributed by atoms with Crippen molar-refractivity contribution in [3.8, 4) is 23.3 Å². The third kappa shape index (κ3) is 2.73.